The van der Waals surface area contributed by atoms with Crippen molar-refractivity contribution in [3.63, 3.8) is 0 Å². The van der Waals surface area contributed by atoms with Crippen LogP contribution in [0.5, 0.6) is 0 Å². The van der Waals surface area contributed by atoms with E-state index in [1.54, 1.807) is 0 Å². The van der Waals surface area contributed by atoms with E-state index in [0.717, 1.165) is 0 Å². The van der Waals surface area contributed by atoms with E-state index in [0.29, 0.717) is 0 Å². The van der Waals surface area contributed by atoms with Crippen molar-refractivity contribution < 1.29 is 4.79 Å². The molecule has 0 N–H and O–H groups in total. The first-order valence-electron chi connectivity index (χ1n) is 1.39. The Hall–Kier alpha value is -0.161. The summed E-state index contributed by atoms with van der Waals surface area (Å²) >= 11 is 0. The molecule has 0 fully saturated rings. The van der Waals surface area contributed by atoms with Crippen LogP contribution in [0.1, 0.15) is 13.8 Å². The van der Waals surface area contributed by atoms with Crippen molar-refractivity contribution in [3.05, 3.63) is 6.42 Å². The van der Waals surface area contributed by atoms with Crippen LogP contribution < -0.4 is 0 Å². The van der Waals surface area contributed by atoms with Gasteiger partial charge in [-0.25, -0.2) is 0 Å². The molecule has 0 aliphatic carbocycles. The molecule has 0 bridgehead atoms. The molecule has 2 heteroatoms. The Morgan fingerprint density at radius 3 is 1.33 bits per heavy atom. The van der Waals surface area contributed by atoms with Crippen molar-refractivity contribution >= 4 is 16.9 Å². The number of rotatable bonds is 0. The summed E-state index contributed by atoms with van der Waals surface area (Å²) in [6.45, 7) is 7.25. The topological polar surface area (TPSA) is 17.1 Å². The van der Waals surface area contributed by atoms with Gasteiger partial charge >= 0.3 is 10.1 Å². The molecule has 0 saturated carbocycles. The largest absolute Gasteiger partial charge is 2.00 e. The Bertz CT molecular complexity index is 11.5. The van der Waals surface area contributed by atoms with Crippen molar-refractivity contribution in [2.75, 3.05) is 0 Å². The van der Waals surface area contributed by atoms with Crippen LogP contribution in [0.25, 0.3) is 0 Å². The second-order valence-electron chi connectivity index (χ2n) is 0.577. The van der Waals surface area contributed by atoms with E-state index < -0.39 is 0 Å². The first-order valence-corrected chi connectivity index (χ1v) is 1.39. The molecule has 0 rings (SSSR count). The van der Waals surface area contributed by atoms with Crippen LogP contribution in [0.15, 0.2) is 0 Å². The standard InChI is InChI=1S/C3H7.CHO.Be/c1-3-2;1-2;/h3H,1-2H3;1H;/q2*-1;+2. The molecule has 0 aromatic carbocycles. The number of carbonyl (C=O) groups excluding carboxylic acids is 1. The van der Waals surface area contributed by atoms with Crippen LogP contribution in [-0.2, 0) is 4.79 Å². The van der Waals surface area contributed by atoms with Crippen LogP contribution >= 0.6 is 0 Å². The molecule has 6 heavy (non-hydrogen) atoms. The third-order valence-electron chi connectivity index (χ3n) is 0. The molecule has 0 aromatic rings. The second kappa shape index (κ2) is 101. The molecule has 0 heterocycles. The van der Waals surface area contributed by atoms with Gasteiger partial charge in [-0.3, -0.25) is 6.79 Å². The summed E-state index contributed by atoms with van der Waals surface area (Å²) in [5.41, 5.74) is 0. The zero-order valence-electron chi connectivity index (χ0n) is 4.27. The monoisotopic (exact) mass is 81.1 g/mol. The minimum atomic E-state index is 0. The van der Waals surface area contributed by atoms with Gasteiger partial charge in [-0.1, -0.05) is 0 Å². The first-order chi connectivity index (χ1) is 2.41. The predicted molar refractivity (Wildman–Crippen MR) is 28.2 cm³/mol. The smallest absolute Gasteiger partial charge is 0.545 e. The summed E-state index contributed by atoms with van der Waals surface area (Å²) in [4.78, 5) is 7.75. The molecular formula is C4H8BeO. The Morgan fingerprint density at radius 1 is 1.33 bits per heavy atom. The molecule has 0 aromatic heterocycles. The van der Waals surface area contributed by atoms with Crippen molar-refractivity contribution in [1.29, 1.82) is 0 Å². The van der Waals surface area contributed by atoms with Crippen LogP contribution in [0.4, 0.5) is 0 Å². The third-order valence-corrected chi connectivity index (χ3v) is 0. The maximum Gasteiger partial charge on any atom is 2.00 e. The maximum atomic E-state index is 7.75. The molecule has 0 atom stereocenters. The van der Waals surface area contributed by atoms with Gasteiger partial charge in [-0.15, -0.1) is 0 Å². The zero-order valence-corrected chi connectivity index (χ0v) is 4.27. The van der Waals surface area contributed by atoms with E-state index in [1.807, 2.05) is 20.3 Å². The van der Waals surface area contributed by atoms with Crippen LogP contribution in [0.3, 0.4) is 0 Å². The van der Waals surface area contributed by atoms with E-state index in [4.69, 9.17) is 4.79 Å². The minimum absolute atomic E-state index is 0. The van der Waals surface area contributed by atoms with Gasteiger partial charge in [0.1, 0.15) is 0 Å². The molecule has 0 unspecified atom stereocenters. The first kappa shape index (κ1) is 17.0. The summed E-state index contributed by atoms with van der Waals surface area (Å²) in [6.07, 6.45) is 2.00. The molecule has 0 aliphatic rings. The fourth-order valence-electron chi connectivity index (χ4n) is 0. The molecule has 1 nitrogen and oxygen atoms in total. The molecule has 0 saturated heterocycles. The van der Waals surface area contributed by atoms with Gasteiger partial charge in [0.15, 0.2) is 0 Å². The Labute approximate surface area is 43.0 Å². The fraction of sp³-hybridized carbons (Fsp3) is 0.500. The summed E-state index contributed by atoms with van der Waals surface area (Å²) in [5.74, 6) is 0. The number of hydrogen-bond acceptors (Lipinski definition) is 1. The van der Waals surface area contributed by atoms with Gasteiger partial charge in [0.05, 0.1) is 0 Å². The van der Waals surface area contributed by atoms with E-state index in [-0.39, 0.29) is 10.1 Å². The van der Waals surface area contributed by atoms with Crippen molar-refractivity contribution in [2.45, 2.75) is 13.8 Å². The summed E-state index contributed by atoms with van der Waals surface area (Å²) < 4.78 is 0. The fourth-order valence-corrected chi connectivity index (χ4v) is 0. The van der Waals surface area contributed by atoms with Gasteiger partial charge in [0.25, 0.3) is 0 Å². The van der Waals surface area contributed by atoms with Crippen molar-refractivity contribution in [1.82, 2.24) is 0 Å². The number of hydrogen-bond donors (Lipinski definition) is 0. The van der Waals surface area contributed by atoms with Gasteiger partial charge < -0.3 is 11.2 Å². The van der Waals surface area contributed by atoms with Gasteiger partial charge in [-0.2, -0.15) is 13.8 Å². The zero-order chi connectivity index (χ0) is 4.71. The normalized spacial score (nSPS) is 3.67. The molecule has 0 amide bonds. The van der Waals surface area contributed by atoms with E-state index in [9.17, 15) is 0 Å². The Kier molecular flexibility index (Phi) is 287. The maximum absolute atomic E-state index is 7.75. The van der Waals surface area contributed by atoms with Crippen molar-refractivity contribution in [2.24, 2.45) is 0 Å². The van der Waals surface area contributed by atoms with E-state index in [2.05, 4.69) is 6.79 Å². The molecule has 0 aliphatic heterocycles. The predicted octanol–water partition coefficient (Wildman–Crippen LogP) is 0.576. The summed E-state index contributed by atoms with van der Waals surface area (Å²) in [6, 6.07) is 0. The molecule has 32 valence electrons. The average molecular weight is 81.1 g/mol. The third kappa shape index (κ3) is 1190. The van der Waals surface area contributed by atoms with Crippen LogP contribution in [-0.4, -0.2) is 16.9 Å². The minimum Gasteiger partial charge on any atom is -0.545 e. The van der Waals surface area contributed by atoms with Gasteiger partial charge in [0, 0.05) is 0 Å². The second-order valence-corrected chi connectivity index (χ2v) is 0.577. The molecular weight excluding hydrogens is 73.1 g/mol. The van der Waals surface area contributed by atoms with E-state index in [1.165, 1.54) is 0 Å². The summed E-state index contributed by atoms with van der Waals surface area (Å²) in [5, 5.41) is 0. The summed E-state index contributed by atoms with van der Waals surface area (Å²) in [7, 11) is 0. The van der Waals surface area contributed by atoms with Gasteiger partial charge in [-0.05, 0) is 0 Å². The Balaban J connectivity index is -0.0000000275. The van der Waals surface area contributed by atoms with Gasteiger partial charge in [0.2, 0.25) is 0 Å². The SMILES string of the molecule is C[CH-]C.[Be+2].[CH-]=O. The molecule has 0 spiro atoms. The molecule has 0 radical (unpaired) electrons. The van der Waals surface area contributed by atoms with Crippen LogP contribution in [0, 0.1) is 6.42 Å². The van der Waals surface area contributed by atoms with Crippen LogP contribution in [0.2, 0.25) is 0 Å². The van der Waals surface area contributed by atoms with E-state index >= 15 is 0 Å². The Morgan fingerprint density at radius 2 is 1.33 bits per heavy atom. The average Bonchev–Trinajstić information content (AvgIpc) is 1.46. The quantitative estimate of drug-likeness (QED) is 0.237. The van der Waals surface area contributed by atoms with Crippen molar-refractivity contribution in [3.8, 4) is 0 Å².